The number of esters is 1. The van der Waals surface area contributed by atoms with Gasteiger partial charge in [0.1, 0.15) is 6.10 Å². The molecule has 0 aliphatic heterocycles. The van der Waals surface area contributed by atoms with Crippen molar-refractivity contribution in [1.29, 1.82) is 0 Å². The van der Waals surface area contributed by atoms with Crippen molar-refractivity contribution in [3.63, 3.8) is 0 Å². The molecule has 0 bridgehead atoms. The van der Waals surface area contributed by atoms with Gasteiger partial charge in [0.25, 0.3) is 0 Å². The van der Waals surface area contributed by atoms with Crippen LogP contribution in [0.3, 0.4) is 0 Å². The number of allylic oxidation sites excluding steroid dienone is 6. The summed E-state index contributed by atoms with van der Waals surface area (Å²) in [6, 6.07) is -0.708. The maximum Gasteiger partial charge on any atom is 0.306 e. The van der Waals surface area contributed by atoms with Gasteiger partial charge in [0.15, 0.2) is 0 Å². The Morgan fingerprint density at radius 1 is 0.492 bits per heavy atom. The number of aliphatic hydroxyl groups is 2. The molecular weight excluding hydrogens is 731 g/mol. The van der Waals surface area contributed by atoms with Crippen LogP contribution in [-0.4, -0.2) is 46.9 Å². The molecule has 0 radical (unpaired) electrons. The van der Waals surface area contributed by atoms with Crippen LogP contribution in [0.25, 0.3) is 0 Å². The number of carbonyl (C=O) groups is 2. The molecule has 3 unspecified atom stereocenters. The van der Waals surface area contributed by atoms with Crippen LogP contribution in [-0.2, 0) is 14.3 Å². The van der Waals surface area contributed by atoms with Gasteiger partial charge in [-0.2, -0.15) is 0 Å². The first-order valence-electron chi connectivity index (χ1n) is 25.7. The van der Waals surface area contributed by atoms with Crippen LogP contribution in [0.2, 0.25) is 0 Å². The Morgan fingerprint density at radius 3 is 1.31 bits per heavy atom. The van der Waals surface area contributed by atoms with E-state index in [4.69, 9.17) is 4.74 Å². The standard InChI is InChI=1S/C53H99NO5/c1-4-7-10-13-16-19-22-24-26-27-28-30-32-35-38-41-44-49(59-53(58)46-43-40-37-34-31-29-25-23-20-17-14-11-8-5-2)47-52(57)54-50(48-55)51(56)45-42-39-36-33-21-18-15-12-9-6-3/h22,24,26-28,30,49-51,55-56H,4-21,23,25,29,31-48H2,1-3H3,(H,54,57)/b24-22+,27-26+,30-28+. The molecule has 0 spiro atoms. The van der Waals surface area contributed by atoms with Crippen molar-refractivity contribution in [2.75, 3.05) is 6.61 Å². The molecule has 346 valence electrons. The van der Waals surface area contributed by atoms with Crippen LogP contribution in [0.15, 0.2) is 36.5 Å². The van der Waals surface area contributed by atoms with Gasteiger partial charge in [-0.05, 0) is 51.4 Å². The van der Waals surface area contributed by atoms with E-state index >= 15 is 0 Å². The molecule has 6 heteroatoms. The number of rotatable bonds is 46. The molecule has 0 heterocycles. The highest BCUT2D eigenvalue weighted by Crippen LogP contribution is 2.18. The number of carbonyl (C=O) groups excluding carboxylic acids is 2. The fraction of sp³-hybridized carbons (Fsp3) is 0.849. The summed E-state index contributed by atoms with van der Waals surface area (Å²) in [7, 11) is 0. The van der Waals surface area contributed by atoms with Crippen molar-refractivity contribution < 1.29 is 24.5 Å². The summed E-state index contributed by atoms with van der Waals surface area (Å²) >= 11 is 0. The Labute approximate surface area is 366 Å². The highest BCUT2D eigenvalue weighted by molar-refractivity contribution is 5.77. The molecule has 0 rings (SSSR count). The largest absolute Gasteiger partial charge is 0.462 e. The Kier molecular flexibility index (Phi) is 45.6. The number of nitrogens with one attached hydrogen (secondary N) is 1. The zero-order chi connectivity index (χ0) is 43.1. The van der Waals surface area contributed by atoms with E-state index in [9.17, 15) is 19.8 Å². The van der Waals surface area contributed by atoms with E-state index in [1.54, 1.807) is 0 Å². The van der Waals surface area contributed by atoms with Gasteiger partial charge in [-0.25, -0.2) is 0 Å². The first kappa shape index (κ1) is 57.1. The SMILES string of the molecule is CCCCCCC/C=C/C=C/C=C/CCCCCC(CC(=O)NC(CO)C(O)CCCCCCCCCCCC)OC(=O)CCCCCCCCCCCCCCCC. The molecule has 6 nitrogen and oxygen atoms in total. The van der Waals surface area contributed by atoms with E-state index in [0.29, 0.717) is 19.3 Å². The summed E-state index contributed by atoms with van der Waals surface area (Å²) in [5.41, 5.74) is 0. The minimum absolute atomic E-state index is 0.0584. The van der Waals surface area contributed by atoms with Crippen molar-refractivity contribution in [2.45, 2.75) is 283 Å². The van der Waals surface area contributed by atoms with Crippen LogP contribution in [0.4, 0.5) is 0 Å². The van der Waals surface area contributed by atoms with Crippen molar-refractivity contribution in [1.82, 2.24) is 5.32 Å². The van der Waals surface area contributed by atoms with E-state index in [2.05, 4.69) is 62.5 Å². The third-order valence-electron chi connectivity index (χ3n) is 11.8. The van der Waals surface area contributed by atoms with Gasteiger partial charge in [0.2, 0.25) is 5.91 Å². The molecule has 0 saturated heterocycles. The van der Waals surface area contributed by atoms with Gasteiger partial charge in [-0.3, -0.25) is 9.59 Å². The maximum absolute atomic E-state index is 13.2. The predicted molar refractivity (Wildman–Crippen MR) is 255 cm³/mol. The number of unbranched alkanes of at least 4 members (excludes halogenated alkanes) is 30. The normalized spacial score (nSPS) is 13.5. The van der Waals surface area contributed by atoms with E-state index in [1.807, 2.05) is 0 Å². The first-order valence-corrected chi connectivity index (χ1v) is 25.7. The maximum atomic E-state index is 13.2. The molecular formula is C53H99NO5. The predicted octanol–water partition coefficient (Wildman–Crippen LogP) is 15.3. The van der Waals surface area contributed by atoms with Gasteiger partial charge >= 0.3 is 5.97 Å². The number of hydrogen-bond acceptors (Lipinski definition) is 5. The minimum atomic E-state index is -0.793. The van der Waals surface area contributed by atoms with Crippen LogP contribution in [0.1, 0.15) is 265 Å². The number of aliphatic hydroxyl groups excluding tert-OH is 2. The third-order valence-corrected chi connectivity index (χ3v) is 11.8. The summed E-state index contributed by atoms with van der Waals surface area (Å²) < 4.78 is 5.92. The van der Waals surface area contributed by atoms with E-state index in [0.717, 1.165) is 70.6 Å². The summed E-state index contributed by atoms with van der Waals surface area (Å²) in [4.78, 5) is 26.1. The fourth-order valence-corrected chi connectivity index (χ4v) is 7.84. The second kappa shape index (κ2) is 47.1. The lowest BCUT2D eigenvalue weighted by molar-refractivity contribution is -0.151. The van der Waals surface area contributed by atoms with E-state index < -0.39 is 18.2 Å². The minimum Gasteiger partial charge on any atom is -0.462 e. The lowest BCUT2D eigenvalue weighted by Gasteiger charge is -2.24. The molecule has 0 fully saturated rings. The zero-order valence-electron chi connectivity index (χ0n) is 39.4. The molecule has 3 atom stereocenters. The lowest BCUT2D eigenvalue weighted by atomic mass is 10.0. The monoisotopic (exact) mass is 830 g/mol. The van der Waals surface area contributed by atoms with Crippen LogP contribution < -0.4 is 5.32 Å². The van der Waals surface area contributed by atoms with E-state index in [-0.39, 0.29) is 24.9 Å². The smallest absolute Gasteiger partial charge is 0.306 e. The van der Waals surface area contributed by atoms with Crippen LogP contribution >= 0.6 is 0 Å². The molecule has 0 aromatic carbocycles. The molecule has 0 saturated carbocycles. The Hall–Kier alpha value is -1.92. The second-order valence-corrected chi connectivity index (χ2v) is 17.6. The average Bonchev–Trinajstić information content (AvgIpc) is 3.23. The van der Waals surface area contributed by atoms with Gasteiger partial charge in [0, 0.05) is 6.42 Å². The highest BCUT2D eigenvalue weighted by atomic mass is 16.5. The van der Waals surface area contributed by atoms with Crippen molar-refractivity contribution in [3.8, 4) is 0 Å². The summed E-state index contributed by atoms with van der Waals surface area (Å²) in [6.07, 6.45) is 54.9. The number of ether oxygens (including phenoxy) is 1. The molecule has 0 aliphatic carbocycles. The fourth-order valence-electron chi connectivity index (χ4n) is 7.84. The molecule has 59 heavy (non-hydrogen) atoms. The highest BCUT2D eigenvalue weighted by Gasteiger charge is 2.24. The quantitative estimate of drug-likeness (QED) is 0.0323. The molecule has 0 aliphatic rings. The van der Waals surface area contributed by atoms with Gasteiger partial charge in [0.05, 0.1) is 25.2 Å². The molecule has 3 N–H and O–H groups in total. The van der Waals surface area contributed by atoms with Gasteiger partial charge in [-0.15, -0.1) is 0 Å². The average molecular weight is 830 g/mol. The van der Waals surface area contributed by atoms with Crippen molar-refractivity contribution in [2.24, 2.45) is 0 Å². The topological polar surface area (TPSA) is 95.9 Å². The summed E-state index contributed by atoms with van der Waals surface area (Å²) in [5.74, 6) is -0.498. The van der Waals surface area contributed by atoms with Gasteiger partial charge in [-0.1, -0.05) is 237 Å². The zero-order valence-corrected chi connectivity index (χ0v) is 39.4. The molecule has 1 amide bonds. The van der Waals surface area contributed by atoms with Gasteiger partial charge < -0.3 is 20.3 Å². The Morgan fingerprint density at radius 2 is 0.864 bits per heavy atom. The Bertz CT molecular complexity index is 977. The number of hydrogen-bond donors (Lipinski definition) is 3. The summed E-state index contributed by atoms with van der Waals surface area (Å²) in [5, 5.41) is 23.7. The van der Waals surface area contributed by atoms with Crippen molar-refractivity contribution in [3.05, 3.63) is 36.5 Å². The summed E-state index contributed by atoms with van der Waals surface area (Å²) in [6.45, 7) is 6.45. The van der Waals surface area contributed by atoms with Crippen LogP contribution in [0.5, 0.6) is 0 Å². The third kappa shape index (κ3) is 42.6. The molecule has 0 aromatic rings. The number of amides is 1. The Balaban J connectivity index is 4.64. The first-order chi connectivity index (χ1) is 29.0. The second-order valence-electron chi connectivity index (χ2n) is 17.6. The lowest BCUT2D eigenvalue weighted by Crippen LogP contribution is -2.46. The molecule has 0 aromatic heterocycles. The van der Waals surface area contributed by atoms with E-state index in [1.165, 1.54) is 148 Å². The van der Waals surface area contributed by atoms with Crippen LogP contribution in [0, 0.1) is 0 Å². The van der Waals surface area contributed by atoms with Crippen molar-refractivity contribution >= 4 is 11.9 Å².